The summed E-state index contributed by atoms with van der Waals surface area (Å²) in [4.78, 5) is 44.0. The summed E-state index contributed by atoms with van der Waals surface area (Å²) in [5.74, 6) is -1.84. The van der Waals surface area contributed by atoms with Gasteiger partial charge in [-0.1, -0.05) is 15.9 Å². The lowest BCUT2D eigenvalue weighted by molar-refractivity contribution is -0.150. The van der Waals surface area contributed by atoms with Crippen LogP contribution in [-0.2, 0) is 23.9 Å². The van der Waals surface area contributed by atoms with Crippen molar-refractivity contribution in [1.82, 2.24) is 0 Å². The van der Waals surface area contributed by atoms with E-state index in [0.29, 0.717) is 14.6 Å². The summed E-state index contributed by atoms with van der Waals surface area (Å²) < 4.78 is 6.15. The van der Waals surface area contributed by atoms with Crippen molar-refractivity contribution in [3.05, 3.63) is 49.9 Å². The van der Waals surface area contributed by atoms with Crippen LogP contribution in [0.1, 0.15) is 0 Å². The molecule has 0 saturated heterocycles. The summed E-state index contributed by atoms with van der Waals surface area (Å²) >= 11 is 9.98. The van der Waals surface area contributed by atoms with Gasteiger partial charge < -0.3 is 4.74 Å². The minimum Gasteiger partial charge on any atom is -0.387 e. The van der Waals surface area contributed by atoms with Gasteiger partial charge in [0.15, 0.2) is 0 Å². The van der Waals surface area contributed by atoms with Gasteiger partial charge in [0.05, 0.1) is 5.69 Å². The largest absolute Gasteiger partial charge is 0.387 e. The van der Waals surface area contributed by atoms with Gasteiger partial charge in [-0.15, -0.1) is 0 Å². The number of rotatable bonds is 1. The zero-order valence-electron chi connectivity index (χ0n) is 11.1. The van der Waals surface area contributed by atoms with E-state index in [1.807, 2.05) is 0 Å². The number of cyclic esters (lactones) is 2. The van der Waals surface area contributed by atoms with Crippen molar-refractivity contribution in [3.63, 3.8) is 0 Å². The molecule has 6 nitrogen and oxygen atoms in total. The van der Waals surface area contributed by atoms with Crippen molar-refractivity contribution in [2.24, 2.45) is 0 Å². The zero-order valence-corrected chi connectivity index (χ0v) is 15.8. The number of amides is 2. The van der Waals surface area contributed by atoms with Crippen molar-refractivity contribution in [2.45, 2.75) is 0 Å². The Balaban J connectivity index is 0.000000229. The molecule has 118 valence electrons. The van der Waals surface area contributed by atoms with Crippen LogP contribution in [0.3, 0.4) is 0 Å². The molecule has 0 radical (unpaired) electrons. The third kappa shape index (κ3) is 4.24. The molecule has 2 heterocycles. The number of imide groups is 1. The topological polar surface area (TPSA) is 80.8 Å². The number of hydrogen-bond acceptors (Lipinski definition) is 5. The molecule has 9 heteroatoms. The van der Waals surface area contributed by atoms with Crippen molar-refractivity contribution >= 4 is 77.2 Å². The molecule has 0 aromatic heterocycles. The molecule has 0 saturated carbocycles. The maximum absolute atomic E-state index is 11.5. The molecular formula is C14H6Br3NO5. The fourth-order valence-electron chi connectivity index (χ4n) is 1.67. The van der Waals surface area contributed by atoms with Crippen molar-refractivity contribution in [3.8, 4) is 0 Å². The predicted molar refractivity (Wildman–Crippen MR) is 91.4 cm³/mol. The summed E-state index contributed by atoms with van der Waals surface area (Å²) in [7, 11) is 0. The minimum absolute atomic E-state index is 0.339. The lowest BCUT2D eigenvalue weighted by atomic mass is 10.3. The van der Waals surface area contributed by atoms with E-state index in [2.05, 4.69) is 52.5 Å². The fourth-order valence-corrected chi connectivity index (χ4v) is 4.29. The molecule has 3 rings (SSSR count). The molecular weight excluding hydrogens is 502 g/mol. The maximum atomic E-state index is 11.5. The van der Waals surface area contributed by atoms with Crippen molar-refractivity contribution < 1.29 is 23.9 Å². The van der Waals surface area contributed by atoms with Gasteiger partial charge in [0.25, 0.3) is 11.8 Å². The number of benzene rings is 1. The van der Waals surface area contributed by atoms with Crippen LogP contribution in [0.5, 0.6) is 0 Å². The Kier molecular flexibility index (Phi) is 5.66. The van der Waals surface area contributed by atoms with E-state index in [1.165, 1.54) is 12.2 Å². The molecule has 0 fully saturated rings. The second-order valence-electron chi connectivity index (χ2n) is 4.14. The highest BCUT2D eigenvalue weighted by molar-refractivity contribution is 9.11. The van der Waals surface area contributed by atoms with Crippen molar-refractivity contribution in [2.75, 3.05) is 4.90 Å². The number of halogens is 3. The van der Waals surface area contributed by atoms with Crippen molar-refractivity contribution in [1.29, 1.82) is 0 Å². The highest BCUT2D eigenvalue weighted by Gasteiger charge is 2.28. The van der Waals surface area contributed by atoms with Crippen LogP contribution in [0.25, 0.3) is 0 Å². The molecule has 1 aromatic carbocycles. The molecule has 0 bridgehead atoms. The lowest BCUT2D eigenvalue weighted by Gasteiger charge is -2.17. The van der Waals surface area contributed by atoms with Crippen LogP contribution in [0, 0.1) is 0 Å². The summed E-state index contributed by atoms with van der Waals surface area (Å²) in [6.07, 6.45) is 4.68. The average Bonchev–Trinajstić information content (AvgIpc) is 2.97. The Hall–Kier alpha value is -1.58. The Morgan fingerprint density at radius 3 is 1.52 bits per heavy atom. The number of nitrogens with zero attached hydrogens (tertiary/aromatic N) is 1. The number of ether oxygens (including phenoxy) is 1. The number of hydrogen-bond donors (Lipinski definition) is 0. The van der Waals surface area contributed by atoms with Crippen LogP contribution in [-0.4, -0.2) is 23.8 Å². The quantitative estimate of drug-likeness (QED) is 0.332. The highest BCUT2D eigenvalue weighted by atomic mass is 79.9. The minimum atomic E-state index is -0.579. The molecule has 0 N–H and O–H groups in total. The summed E-state index contributed by atoms with van der Waals surface area (Å²) in [5.41, 5.74) is 0.517. The van der Waals surface area contributed by atoms with Gasteiger partial charge in [-0.05, 0) is 44.0 Å². The van der Waals surface area contributed by atoms with Gasteiger partial charge in [-0.25, -0.2) is 14.5 Å². The molecule has 2 aliphatic heterocycles. The molecule has 0 aliphatic carbocycles. The van der Waals surface area contributed by atoms with Gasteiger partial charge in [-0.3, -0.25) is 9.59 Å². The third-order valence-electron chi connectivity index (χ3n) is 2.57. The van der Waals surface area contributed by atoms with Crippen LogP contribution in [0.4, 0.5) is 5.69 Å². The van der Waals surface area contributed by atoms with Crippen LogP contribution in [0.2, 0.25) is 0 Å². The maximum Gasteiger partial charge on any atom is 0.338 e. The molecule has 0 unspecified atom stereocenters. The lowest BCUT2D eigenvalue weighted by Crippen LogP contribution is -2.30. The average molecular weight is 508 g/mol. The first-order valence-corrected chi connectivity index (χ1v) is 8.32. The Labute approximate surface area is 155 Å². The first-order valence-electron chi connectivity index (χ1n) is 5.94. The first kappa shape index (κ1) is 17.8. The number of anilines is 1. The smallest absolute Gasteiger partial charge is 0.338 e. The standard InChI is InChI=1S/C10H4Br3NO2.C4H2O3/c11-5-3-6(12)10(7(13)4-5)14-8(15)1-2-9(14)16;5-3-1-2-4(6)7-3/h1-4H;1-2H. The fraction of sp³-hybridized carbons (Fsp3) is 0. The molecule has 23 heavy (non-hydrogen) atoms. The molecule has 2 aliphatic rings. The van der Waals surface area contributed by atoms with E-state index in [9.17, 15) is 19.2 Å². The highest BCUT2D eigenvalue weighted by Crippen LogP contribution is 2.38. The SMILES string of the molecule is O=C1C=CC(=O)N1c1c(Br)cc(Br)cc1Br.O=C1C=CC(=O)O1. The van der Waals surface area contributed by atoms with E-state index < -0.39 is 11.9 Å². The summed E-state index contributed by atoms with van der Waals surface area (Å²) in [6, 6.07) is 3.55. The number of esters is 2. The van der Waals surface area contributed by atoms with Crippen LogP contribution in [0.15, 0.2) is 49.9 Å². The Bertz CT molecular complexity index is 728. The predicted octanol–water partition coefficient (Wildman–Crippen LogP) is 3.03. The number of carbonyl (C=O) groups is 4. The zero-order chi connectivity index (χ0) is 17.1. The van der Waals surface area contributed by atoms with Crippen LogP contribution >= 0.6 is 47.8 Å². The van der Waals surface area contributed by atoms with Gasteiger partial charge in [0, 0.05) is 37.7 Å². The second kappa shape index (κ2) is 7.33. The first-order chi connectivity index (χ1) is 10.8. The third-order valence-corrected chi connectivity index (χ3v) is 4.24. The summed E-state index contributed by atoms with van der Waals surface area (Å²) in [6.45, 7) is 0. The van der Waals surface area contributed by atoms with E-state index in [4.69, 9.17) is 0 Å². The van der Waals surface area contributed by atoms with E-state index in [-0.39, 0.29) is 11.8 Å². The molecule has 0 spiro atoms. The molecule has 2 amide bonds. The second-order valence-corrected chi connectivity index (χ2v) is 6.76. The van der Waals surface area contributed by atoms with E-state index in [1.54, 1.807) is 12.1 Å². The molecule has 0 atom stereocenters. The Morgan fingerprint density at radius 2 is 1.17 bits per heavy atom. The Morgan fingerprint density at radius 1 is 0.739 bits per heavy atom. The van der Waals surface area contributed by atoms with E-state index in [0.717, 1.165) is 21.5 Å². The monoisotopic (exact) mass is 505 g/mol. The van der Waals surface area contributed by atoms with Gasteiger partial charge >= 0.3 is 11.9 Å². The van der Waals surface area contributed by atoms with Crippen LogP contribution < -0.4 is 4.90 Å². The molecule has 1 aromatic rings. The van der Waals surface area contributed by atoms with Gasteiger partial charge in [-0.2, -0.15) is 0 Å². The van der Waals surface area contributed by atoms with E-state index >= 15 is 0 Å². The van der Waals surface area contributed by atoms with Gasteiger partial charge in [0.2, 0.25) is 0 Å². The summed E-state index contributed by atoms with van der Waals surface area (Å²) in [5, 5.41) is 0. The number of carbonyl (C=O) groups excluding carboxylic acids is 4. The normalized spacial score (nSPS) is 15.9. The van der Waals surface area contributed by atoms with Gasteiger partial charge in [0.1, 0.15) is 0 Å².